The number of nitrogens with one attached hydrogen (secondary N) is 1. The summed E-state index contributed by atoms with van der Waals surface area (Å²) in [6.07, 6.45) is -0.461. The first kappa shape index (κ1) is 14.7. The van der Waals surface area contributed by atoms with Crippen LogP contribution < -0.4 is 5.32 Å². The fourth-order valence-corrected chi connectivity index (χ4v) is 1.09. The average Bonchev–Trinajstić information content (AvgIpc) is 1.98. The van der Waals surface area contributed by atoms with Crippen molar-refractivity contribution in [3.63, 3.8) is 0 Å². The Morgan fingerprint density at radius 3 is 2.25 bits per heavy atom. The van der Waals surface area contributed by atoms with Gasteiger partial charge in [0, 0.05) is 26.6 Å². The number of carbonyl (C=O) groups is 2. The third kappa shape index (κ3) is 7.09. The standard InChI is InChI=1S/C11H22N2O3/c1-8(7-13(6)9(2)14)12-10(15)16-11(3,4)5/h8H,7H2,1-6H3,(H,12,15)/t8-/m0/s1. The van der Waals surface area contributed by atoms with Crippen LogP contribution in [0.1, 0.15) is 34.6 Å². The van der Waals surface area contributed by atoms with Gasteiger partial charge >= 0.3 is 6.09 Å². The van der Waals surface area contributed by atoms with Crippen LogP contribution in [0.5, 0.6) is 0 Å². The minimum Gasteiger partial charge on any atom is -0.444 e. The summed E-state index contributed by atoms with van der Waals surface area (Å²) in [6.45, 7) is 9.19. The molecule has 0 bridgehead atoms. The first-order valence-corrected chi connectivity index (χ1v) is 5.33. The third-order valence-corrected chi connectivity index (χ3v) is 1.85. The quantitative estimate of drug-likeness (QED) is 0.796. The number of likely N-dealkylation sites (N-methyl/N-ethyl adjacent to an activating group) is 1. The number of amides is 2. The van der Waals surface area contributed by atoms with E-state index in [9.17, 15) is 9.59 Å². The summed E-state index contributed by atoms with van der Waals surface area (Å²) in [4.78, 5) is 23.9. The fraction of sp³-hybridized carbons (Fsp3) is 0.818. The van der Waals surface area contributed by atoms with Crippen LogP contribution in [0.25, 0.3) is 0 Å². The highest BCUT2D eigenvalue weighted by Gasteiger charge is 2.18. The highest BCUT2D eigenvalue weighted by molar-refractivity contribution is 5.73. The summed E-state index contributed by atoms with van der Waals surface area (Å²) in [7, 11) is 1.69. The predicted molar refractivity (Wildman–Crippen MR) is 62.1 cm³/mol. The molecule has 0 saturated heterocycles. The Labute approximate surface area is 97.1 Å². The van der Waals surface area contributed by atoms with Gasteiger partial charge in [-0.2, -0.15) is 0 Å². The Morgan fingerprint density at radius 2 is 1.88 bits per heavy atom. The number of nitrogens with zero attached hydrogens (tertiary/aromatic N) is 1. The molecule has 0 unspecified atom stereocenters. The smallest absolute Gasteiger partial charge is 0.407 e. The number of alkyl carbamates (subject to hydrolysis) is 1. The molecule has 0 radical (unpaired) electrons. The number of ether oxygens (including phenoxy) is 1. The second-order valence-electron chi connectivity index (χ2n) is 4.95. The summed E-state index contributed by atoms with van der Waals surface area (Å²) in [5, 5.41) is 2.67. The molecule has 0 aliphatic heterocycles. The van der Waals surface area contributed by atoms with Crippen LogP contribution in [-0.4, -0.2) is 42.1 Å². The van der Waals surface area contributed by atoms with E-state index in [2.05, 4.69) is 5.32 Å². The van der Waals surface area contributed by atoms with Gasteiger partial charge in [-0.05, 0) is 27.7 Å². The topological polar surface area (TPSA) is 58.6 Å². The van der Waals surface area contributed by atoms with Crippen LogP contribution in [0.15, 0.2) is 0 Å². The summed E-state index contributed by atoms with van der Waals surface area (Å²) in [6, 6.07) is -0.135. The summed E-state index contributed by atoms with van der Waals surface area (Å²) in [5.74, 6) is -0.0298. The molecule has 1 N–H and O–H groups in total. The summed E-state index contributed by atoms with van der Waals surface area (Å²) < 4.78 is 5.10. The van der Waals surface area contributed by atoms with Crippen LogP contribution >= 0.6 is 0 Å². The molecule has 0 saturated carbocycles. The van der Waals surface area contributed by atoms with Gasteiger partial charge in [-0.15, -0.1) is 0 Å². The lowest BCUT2D eigenvalue weighted by molar-refractivity contribution is -0.127. The van der Waals surface area contributed by atoms with Crippen molar-refractivity contribution in [1.29, 1.82) is 0 Å². The summed E-state index contributed by atoms with van der Waals surface area (Å²) >= 11 is 0. The molecule has 0 heterocycles. The van der Waals surface area contributed by atoms with Gasteiger partial charge in [0.1, 0.15) is 5.60 Å². The van der Waals surface area contributed by atoms with Crippen molar-refractivity contribution in [3.8, 4) is 0 Å². The summed E-state index contributed by atoms with van der Waals surface area (Å²) in [5.41, 5.74) is -0.504. The lowest BCUT2D eigenvalue weighted by Crippen LogP contribution is -2.44. The second kappa shape index (κ2) is 5.72. The van der Waals surface area contributed by atoms with Crippen LogP contribution in [0.2, 0.25) is 0 Å². The van der Waals surface area contributed by atoms with Crippen molar-refractivity contribution in [3.05, 3.63) is 0 Å². The molecule has 0 aromatic rings. The van der Waals surface area contributed by atoms with E-state index in [4.69, 9.17) is 4.74 Å². The molecule has 0 spiro atoms. The highest BCUT2D eigenvalue weighted by atomic mass is 16.6. The second-order valence-corrected chi connectivity index (χ2v) is 4.95. The Bertz CT molecular complexity index is 258. The van der Waals surface area contributed by atoms with Crippen molar-refractivity contribution < 1.29 is 14.3 Å². The van der Waals surface area contributed by atoms with E-state index in [1.165, 1.54) is 6.92 Å². The van der Waals surface area contributed by atoms with Crippen molar-refractivity contribution in [2.75, 3.05) is 13.6 Å². The molecule has 2 amide bonds. The number of carbonyl (C=O) groups excluding carboxylic acids is 2. The van der Waals surface area contributed by atoms with Crippen molar-refractivity contribution in [2.45, 2.75) is 46.3 Å². The zero-order valence-electron chi connectivity index (χ0n) is 11.0. The Hall–Kier alpha value is -1.26. The molecule has 94 valence electrons. The van der Waals surface area contributed by atoms with E-state index >= 15 is 0 Å². The van der Waals surface area contributed by atoms with Gasteiger partial charge in [-0.25, -0.2) is 4.79 Å². The Kier molecular flexibility index (Phi) is 5.27. The molecule has 1 atom stereocenters. The number of hydrogen-bond donors (Lipinski definition) is 1. The fourth-order valence-electron chi connectivity index (χ4n) is 1.09. The van der Waals surface area contributed by atoms with Crippen molar-refractivity contribution >= 4 is 12.0 Å². The van der Waals surface area contributed by atoms with E-state index in [-0.39, 0.29) is 11.9 Å². The van der Waals surface area contributed by atoms with Crippen LogP contribution in [0, 0.1) is 0 Å². The molecular formula is C11H22N2O3. The number of rotatable bonds is 3. The van der Waals surface area contributed by atoms with Crippen molar-refractivity contribution in [2.24, 2.45) is 0 Å². The minimum atomic E-state index is -0.504. The van der Waals surface area contributed by atoms with Gasteiger partial charge in [-0.3, -0.25) is 4.79 Å². The molecule has 0 rings (SSSR count). The van der Waals surface area contributed by atoms with Gasteiger partial charge in [0.2, 0.25) is 5.91 Å². The molecule has 5 heteroatoms. The van der Waals surface area contributed by atoms with E-state index in [0.717, 1.165) is 0 Å². The van der Waals surface area contributed by atoms with E-state index in [1.54, 1.807) is 32.7 Å². The Morgan fingerprint density at radius 1 is 1.38 bits per heavy atom. The maximum absolute atomic E-state index is 11.4. The average molecular weight is 230 g/mol. The normalized spacial score (nSPS) is 12.9. The van der Waals surface area contributed by atoms with E-state index in [1.807, 2.05) is 6.92 Å². The molecule has 16 heavy (non-hydrogen) atoms. The largest absolute Gasteiger partial charge is 0.444 e. The maximum atomic E-state index is 11.4. The molecule has 5 nitrogen and oxygen atoms in total. The SMILES string of the molecule is CC(=O)N(C)C[C@H](C)NC(=O)OC(C)(C)C. The molecule has 0 aromatic carbocycles. The Balaban J connectivity index is 4.01. The van der Waals surface area contributed by atoms with Crippen LogP contribution in [-0.2, 0) is 9.53 Å². The monoisotopic (exact) mass is 230 g/mol. The van der Waals surface area contributed by atoms with Crippen LogP contribution in [0.3, 0.4) is 0 Å². The highest BCUT2D eigenvalue weighted by Crippen LogP contribution is 2.06. The zero-order valence-corrected chi connectivity index (χ0v) is 11.0. The predicted octanol–water partition coefficient (Wildman–Crippen LogP) is 1.38. The minimum absolute atomic E-state index is 0.0298. The lowest BCUT2D eigenvalue weighted by atomic mass is 10.2. The van der Waals surface area contributed by atoms with Crippen molar-refractivity contribution in [1.82, 2.24) is 10.2 Å². The first-order valence-electron chi connectivity index (χ1n) is 5.33. The number of hydrogen-bond acceptors (Lipinski definition) is 3. The van der Waals surface area contributed by atoms with Gasteiger partial charge in [-0.1, -0.05) is 0 Å². The molecule has 0 aromatic heterocycles. The van der Waals surface area contributed by atoms with Gasteiger partial charge in [0.25, 0.3) is 0 Å². The molecular weight excluding hydrogens is 208 g/mol. The van der Waals surface area contributed by atoms with Gasteiger partial charge in [0.15, 0.2) is 0 Å². The molecule has 0 aliphatic carbocycles. The van der Waals surface area contributed by atoms with Gasteiger partial charge in [0.05, 0.1) is 0 Å². The zero-order chi connectivity index (χ0) is 12.9. The maximum Gasteiger partial charge on any atom is 0.407 e. The lowest BCUT2D eigenvalue weighted by Gasteiger charge is -2.24. The van der Waals surface area contributed by atoms with Crippen LogP contribution in [0.4, 0.5) is 4.79 Å². The van der Waals surface area contributed by atoms with E-state index < -0.39 is 11.7 Å². The third-order valence-electron chi connectivity index (χ3n) is 1.85. The molecule has 0 fully saturated rings. The first-order chi connectivity index (χ1) is 7.11. The molecule has 0 aliphatic rings. The van der Waals surface area contributed by atoms with E-state index in [0.29, 0.717) is 6.54 Å². The van der Waals surface area contributed by atoms with Gasteiger partial charge < -0.3 is 15.0 Å².